The van der Waals surface area contributed by atoms with E-state index in [0.29, 0.717) is 18.8 Å². The van der Waals surface area contributed by atoms with Crippen molar-refractivity contribution >= 4 is 34.1 Å². The molecule has 7 heteroatoms. The zero-order chi connectivity index (χ0) is 18.9. The van der Waals surface area contributed by atoms with Crippen LogP contribution in [-0.2, 0) is 17.8 Å². The maximum absolute atomic E-state index is 12.9. The topological polar surface area (TPSA) is 58.1 Å². The third-order valence-electron chi connectivity index (χ3n) is 4.02. The maximum Gasteiger partial charge on any atom is 0.233 e. The van der Waals surface area contributed by atoms with E-state index in [9.17, 15) is 4.79 Å². The predicted octanol–water partition coefficient (Wildman–Crippen LogP) is 3.94. The number of rotatable bonds is 9. The molecule has 3 rings (SSSR count). The van der Waals surface area contributed by atoms with E-state index in [-0.39, 0.29) is 5.91 Å². The molecule has 1 aromatic heterocycles. The van der Waals surface area contributed by atoms with E-state index in [4.69, 9.17) is 0 Å². The largest absolute Gasteiger partial charge is 0.363 e. The van der Waals surface area contributed by atoms with Gasteiger partial charge in [-0.3, -0.25) is 4.79 Å². The molecular weight excluding hydrogens is 376 g/mol. The van der Waals surface area contributed by atoms with E-state index in [1.807, 2.05) is 48.3 Å². The molecule has 2 aromatic carbocycles. The van der Waals surface area contributed by atoms with Gasteiger partial charge in [-0.15, -0.1) is 10.2 Å². The zero-order valence-electron chi connectivity index (χ0n) is 15.2. The Hall–Kier alpha value is -2.38. The Morgan fingerprint density at radius 3 is 2.33 bits per heavy atom. The van der Waals surface area contributed by atoms with Gasteiger partial charge in [0.25, 0.3) is 0 Å². The van der Waals surface area contributed by atoms with Crippen molar-refractivity contribution in [1.82, 2.24) is 15.1 Å². The molecule has 1 N–H and O–H groups in total. The number of nitrogens with one attached hydrogen (secondary N) is 1. The van der Waals surface area contributed by atoms with Gasteiger partial charge in [0.2, 0.25) is 11.0 Å². The molecule has 0 atom stereocenters. The van der Waals surface area contributed by atoms with Crippen molar-refractivity contribution in [3.63, 3.8) is 0 Å². The van der Waals surface area contributed by atoms with Crippen LogP contribution in [0.4, 0.5) is 5.13 Å². The van der Waals surface area contributed by atoms with E-state index in [0.717, 1.165) is 21.5 Å². The summed E-state index contributed by atoms with van der Waals surface area (Å²) in [5.41, 5.74) is 2.37. The Kier molecular flexibility index (Phi) is 7.24. The molecule has 0 aliphatic heterocycles. The number of carbonyl (C=O) groups is 1. The number of nitrogens with zero attached hydrogens (tertiary/aromatic N) is 3. The summed E-state index contributed by atoms with van der Waals surface area (Å²) in [5.74, 6) is 0.473. The molecule has 0 spiro atoms. The van der Waals surface area contributed by atoms with Gasteiger partial charge in [-0.2, -0.15) is 0 Å². The normalized spacial score (nSPS) is 10.6. The molecule has 3 aromatic rings. The van der Waals surface area contributed by atoms with Crippen molar-refractivity contribution in [2.75, 3.05) is 24.7 Å². The van der Waals surface area contributed by atoms with Crippen LogP contribution in [0, 0.1) is 0 Å². The average molecular weight is 399 g/mol. The van der Waals surface area contributed by atoms with Gasteiger partial charge < -0.3 is 10.2 Å². The van der Waals surface area contributed by atoms with Crippen LogP contribution in [0.25, 0.3) is 0 Å². The number of anilines is 1. The molecule has 140 valence electrons. The zero-order valence-corrected chi connectivity index (χ0v) is 16.8. The minimum absolute atomic E-state index is 0.112. The molecule has 1 amide bonds. The van der Waals surface area contributed by atoms with Crippen LogP contribution in [0.2, 0.25) is 0 Å². The van der Waals surface area contributed by atoms with Gasteiger partial charge in [-0.25, -0.2) is 0 Å². The number of hydrogen-bond acceptors (Lipinski definition) is 6. The fourth-order valence-corrected chi connectivity index (χ4v) is 4.20. The molecule has 0 radical (unpaired) electrons. The third kappa shape index (κ3) is 6.08. The lowest BCUT2D eigenvalue weighted by molar-refractivity contribution is -0.128. The molecule has 0 saturated carbocycles. The van der Waals surface area contributed by atoms with Gasteiger partial charge in [0.05, 0.1) is 5.75 Å². The van der Waals surface area contributed by atoms with Crippen LogP contribution in [0.5, 0.6) is 0 Å². The van der Waals surface area contributed by atoms with E-state index in [1.165, 1.54) is 28.7 Å². The van der Waals surface area contributed by atoms with Crippen molar-refractivity contribution in [2.24, 2.45) is 0 Å². The Morgan fingerprint density at radius 2 is 1.70 bits per heavy atom. The Balaban J connectivity index is 1.62. The first kappa shape index (κ1) is 19.4. The molecule has 0 aliphatic carbocycles. The molecule has 1 heterocycles. The van der Waals surface area contributed by atoms with Crippen LogP contribution in [-0.4, -0.2) is 40.3 Å². The Morgan fingerprint density at radius 1 is 1.04 bits per heavy atom. The minimum atomic E-state index is 0.112. The fourth-order valence-electron chi connectivity index (χ4n) is 2.59. The van der Waals surface area contributed by atoms with Crippen LogP contribution >= 0.6 is 23.1 Å². The second-order valence-corrected chi connectivity index (χ2v) is 8.15. The second-order valence-electron chi connectivity index (χ2n) is 5.95. The molecular formula is C20H22N4OS2. The predicted molar refractivity (Wildman–Crippen MR) is 112 cm³/mol. The highest BCUT2D eigenvalue weighted by Crippen LogP contribution is 2.25. The second kappa shape index (κ2) is 10.1. The first-order valence-electron chi connectivity index (χ1n) is 8.74. The van der Waals surface area contributed by atoms with Gasteiger partial charge in [0.1, 0.15) is 0 Å². The highest BCUT2D eigenvalue weighted by molar-refractivity contribution is 8.01. The van der Waals surface area contributed by atoms with Gasteiger partial charge in [0, 0.05) is 20.1 Å². The van der Waals surface area contributed by atoms with Crippen LogP contribution < -0.4 is 5.32 Å². The molecule has 5 nitrogen and oxygen atoms in total. The summed E-state index contributed by atoms with van der Waals surface area (Å²) < 4.78 is 0.801. The lowest BCUT2D eigenvalue weighted by atomic mass is 10.1. The smallest absolute Gasteiger partial charge is 0.233 e. The van der Waals surface area contributed by atoms with Crippen molar-refractivity contribution in [3.05, 3.63) is 71.8 Å². The van der Waals surface area contributed by atoms with Crippen molar-refractivity contribution in [1.29, 1.82) is 0 Å². The van der Waals surface area contributed by atoms with Gasteiger partial charge >= 0.3 is 0 Å². The van der Waals surface area contributed by atoms with Gasteiger partial charge in [-0.1, -0.05) is 83.8 Å². The summed E-state index contributed by atoms with van der Waals surface area (Å²) in [7, 11) is 1.81. The van der Waals surface area contributed by atoms with E-state index in [1.54, 1.807) is 0 Å². The summed E-state index contributed by atoms with van der Waals surface area (Å²) in [4.78, 5) is 14.8. The van der Waals surface area contributed by atoms with Gasteiger partial charge in [0.15, 0.2) is 4.34 Å². The molecule has 0 aliphatic rings. The summed E-state index contributed by atoms with van der Waals surface area (Å²) in [6.45, 7) is 1.31. The van der Waals surface area contributed by atoms with Gasteiger partial charge in [-0.05, 0) is 17.5 Å². The quantitative estimate of drug-likeness (QED) is 0.553. The summed E-state index contributed by atoms with van der Waals surface area (Å²) in [6, 6.07) is 20.4. The van der Waals surface area contributed by atoms with Crippen molar-refractivity contribution < 1.29 is 4.79 Å². The van der Waals surface area contributed by atoms with E-state index >= 15 is 0 Å². The van der Waals surface area contributed by atoms with Crippen LogP contribution in [0.1, 0.15) is 11.1 Å². The number of hydrogen-bond donors (Lipinski definition) is 1. The van der Waals surface area contributed by atoms with Crippen molar-refractivity contribution in [2.45, 2.75) is 17.3 Å². The lowest BCUT2D eigenvalue weighted by Crippen LogP contribution is -2.33. The molecule has 0 saturated heterocycles. The first-order valence-corrected chi connectivity index (χ1v) is 10.5. The molecule has 0 fully saturated rings. The standard InChI is InChI=1S/C20H22N4OS2/c1-21-19-22-23-20(27-19)26-15-18(25)24(14-17-10-6-3-7-11-17)13-12-16-8-4-2-5-9-16/h2-11H,12-15H2,1H3,(H,21,22). The monoisotopic (exact) mass is 398 g/mol. The summed E-state index contributed by atoms with van der Waals surface area (Å²) >= 11 is 2.90. The number of amides is 1. The molecule has 0 unspecified atom stereocenters. The molecule has 0 bridgehead atoms. The Bertz CT molecular complexity index is 839. The fraction of sp³-hybridized carbons (Fsp3) is 0.250. The number of thioether (sulfide) groups is 1. The maximum atomic E-state index is 12.9. The van der Waals surface area contributed by atoms with Crippen LogP contribution in [0.3, 0.4) is 0 Å². The highest BCUT2D eigenvalue weighted by Gasteiger charge is 2.16. The SMILES string of the molecule is CNc1nnc(SCC(=O)N(CCc2ccccc2)Cc2ccccc2)s1. The number of benzene rings is 2. The van der Waals surface area contributed by atoms with Crippen LogP contribution in [0.15, 0.2) is 65.0 Å². The number of carbonyl (C=O) groups excluding carboxylic acids is 1. The Labute approximate surface area is 167 Å². The average Bonchev–Trinajstić information content (AvgIpc) is 3.19. The first-order chi connectivity index (χ1) is 13.2. The lowest BCUT2D eigenvalue weighted by Gasteiger charge is -2.23. The summed E-state index contributed by atoms with van der Waals surface area (Å²) in [5, 5.41) is 11.8. The number of aromatic nitrogens is 2. The van der Waals surface area contributed by atoms with E-state index in [2.05, 4.69) is 39.8 Å². The molecule has 27 heavy (non-hydrogen) atoms. The van der Waals surface area contributed by atoms with Crippen molar-refractivity contribution in [3.8, 4) is 0 Å². The highest BCUT2D eigenvalue weighted by atomic mass is 32.2. The minimum Gasteiger partial charge on any atom is -0.363 e. The third-order valence-corrected chi connectivity index (χ3v) is 6.08. The van der Waals surface area contributed by atoms with E-state index < -0.39 is 0 Å². The summed E-state index contributed by atoms with van der Waals surface area (Å²) in [6.07, 6.45) is 0.840.